The van der Waals surface area contributed by atoms with Crippen LogP contribution in [0.5, 0.6) is 0 Å². The standard InChI is InChI=1S/C20H31NO8/c1-17(2,3)28-13(22)11-12(14(23)29-18(4,5)6)20(16(25)27-8)10-9-19(11,21-20)15(24)26-7/h11-12,21H,9-10H2,1-8H3/t11-,12-,19-,20+/m1/s1. The van der Waals surface area contributed by atoms with Crippen LogP contribution in [-0.2, 0) is 38.1 Å². The summed E-state index contributed by atoms with van der Waals surface area (Å²) in [5.74, 6) is -5.67. The van der Waals surface area contributed by atoms with Crippen molar-refractivity contribution in [3.8, 4) is 0 Å². The second-order valence-electron chi connectivity index (χ2n) is 9.57. The van der Waals surface area contributed by atoms with Crippen molar-refractivity contribution in [2.24, 2.45) is 11.8 Å². The van der Waals surface area contributed by atoms with E-state index in [2.05, 4.69) is 5.32 Å². The second-order valence-corrected chi connectivity index (χ2v) is 9.57. The molecule has 0 unspecified atom stereocenters. The average molecular weight is 413 g/mol. The minimum atomic E-state index is -1.59. The number of nitrogens with one attached hydrogen (secondary N) is 1. The zero-order chi connectivity index (χ0) is 22.4. The number of carbonyl (C=O) groups is 4. The lowest BCUT2D eigenvalue weighted by atomic mass is 9.66. The Balaban J connectivity index is 2.64. The van der Waals surface area contributed by atoms with Crippen LogP contribution in [0.15, 0.2) is 0 Å². The van der Waals surface area contributed by atoms with E-state index >= 15 is 0 Å². The van der Waals surface area contributed by atoms with Gasteiger partial charge in [-0.3, -0.25) is 24.5 Å². The number of rotatable bonds is 4. The van der Waals surface area contributed by atoms with Crippen LogP contribution >= 0.6 is 0 Å². The number of hydrogen-bond donors (Lipinski definition) is 1. The van der Waals surface area contributed by atoms with Gasteiger partial charge in [-0.2, -0.15) is 0 Å². The number of esters is 4. The lowest BCUT2D eigenvalue weighted by molar-refractivity contribution is -0.181. The van der Waals surface area contributed by atoms with Crippen molar-refractivity contribution in [2.45, 2.75) is 76.7 Å². The van der Waals surface area contributed by atoms with Gasteiger partial charge in [-0.15, -0.1) is 0 Å². The first-order chi connectivity index (χ1) is 13.1. The maximum Gasteiger partial charge on any atom is 0.327 e. The lowest BCUT2D eigenvalue weighted by Gasteiger charge is -2.37. The summed E-state index contributed by atoms with van der Waals surface area (Å²) in [6, 6.07) is 0. The third-order valence-corrected chi connectivity index (χ3v) is 5.18. The molecule has 1 N–H and O–H groups in total. The van der Waals surface area contributed by atoms with Crippen molar-refractivity contribution in [3.63, 3.8) is 0 Å². The van der Waals surface area contributed by atoms with Crippen molar-refractivity contribution < 1.29 is 38.1 Å². The highest BCUT2D eigenvalue weighted by Gasteiger charge is 2.77. The molecule has 29 heavy (non-hydrogen) atoms. The molecule has 2 rings (SSSR count). The van der Waals surface area contributed by atoms with E-state index in [1.54, 1.807) is 41.5 Å². The molecule has 2 aliphatic rings. The van der Waals surface area contributed by atoms with Crippen LogP contribution < -0.4 is 5.32 Å². The molecule has 0 saturated carbocycles. The van der Waals surface area contributed by atoms with E-state index in [4.69, 9.17) is 18.9 Å². The van der Waals surface area contributed by atoms with E-state index in [0.717, 1.165) is 0 Å². The summed E-state index contributed by atoms with van der Waals surface area (Å²) in [7, 11) is 2.37. The van der Waals surface area contributed by atoms with Gasteiger partial charge >= 0.3 is 23.9 Å². The number of carbonyl (C=O) groups excluding carboxylic acids is 4. The largest absolute Gasteiger partial charge is 0.468 e. The van der Waals surface area contributed by atoms with Crippen LogP contribution in [-0.4, -0.2) is 60.4 Å². The molecule has 9 heteroatoms. The summed E-state index contributed by atoms with van der Waals surface area (Å²) >= 11 is 0. The molecule has 0 spiro atoms. The predicted octanol–water partition coefficient (Wildman–Crippen LogP) is 1.12. The first kappa shape index (κ1) is 23.1. The van der Waals surface area contributed by atoms with Gasteiger partial charge in [0.2, 0.25) is 0 Å². The van der Waals surface area contributed by atoms with Gasteiger partial charge in [0.15, 0.2) is 0 Å². The van der Waals surface area contributed by atoms with Crippen LogP contribution in [0.3, 0.4) is 0 Å². The van der Waals surface area contributed by atoms with E-state index in [9.17, 15) is 19.2 Å². The van der Waals surface area contributed by atoms with E-state index in [1.807, 2.05) is 0 Å². The molecule has 164 valence electrons. The summed E-state index contributed by atoms with van der Waals surface area (Å²) < 4.78 is 20.9. The fraction of sp³-hybridized carbons (Fsp3) is 0.800. The highest BCUT2D eigenvalue weighted by atomic mass is 16.6. The Hall–Kier alpha value is -2.16. The molecule has 0 amide bonds. The molecule has 0 radical (unpaired) electrons. The van der Waals surface area contributed by atoms with Crippen LogP contribution in [0, 0.1) is 11.8 Å². The fourth-order valence-electron chi connectivity index (χ4n) is 4.28. The summed E-state index contributed by atoms with van der Waals surface area (Å²) in [4.78, 5) is 51.9. The zero-order valence-electron chi connectivity index (χ0n) is 18.3. The third-order valence-electron chi connectivity index (χ3n) is 5.18. The zero-order valence-corrected chi connectivity index (χ0v) is 18.3. The number of fused-ring (bicyclic) bond motifs is 2. The van der Waals surface area contributed by atoms with Crippen LogP contribution in [0.4, 0.5) is 0 Å². The highest BCUT2D eigenvalue weighted by molar-refractivity contribution is 6.01. The molecule has 0 aromatic carbocycles. The van der Waals surface area contributed by atoms with Crippen molar-refractivity contribution in [1.29, 1.82) is 0 Å². The Bertz CT molecular complexity index is 659. The van der Waals surface area contributed by atoms with Crippen molar-refractivity contribution >= 4 is 23.9 Å². The molecule has 0 aliphatic carbocycles. The first-order valence-corrected chi connectivity index (χ1v) is 9.55. The summed E-state index contributed by atoms with van der Waals surface area (Å²) in [5, 5.41) is 2.94. The van der Waals surface area contributed by atoms with E-state index in [0.29, 0.717) is 0 Å². The van der Waals surface area contributed by atoms with Gasteiger partial charge in [0, 0.05) is 0 Å². The molecule has 0 aromatic heterocycles. The van der Waals surface area contributed by atoms with Crippen molar-refractivity contribution in [2.75, 3.05) is 14.2 Å². The van der Waals surface area contributed by atoms with E-state index in [-0.39, 0.29) is 12.8 Å². The van der Waals surface area contributed by atoms with Crippen LogP contribution in [0.2, 0.25) is 0 Å². The van der Waals surface area contributed by atoms with Crippen LogP contribution in [0.25, 0.3) is 0 Å². The van der Waals surface area contributed by atoms with Gasteiger partial charge in [-0.25, -0.2) is 0 Å². The molecule has 2 aliphatic heterocycles. The molecule has 9 nitrogen and oxygen atoms in total. The monoisotopic (exact) mass is 413 g/mol. The molecule has 2 saturated heterocycles. The lowest BCUT2D eigenvalue weighted by Crippen LogP contribution is -2.56. The predicted molar refractivity (Wildman–Crippen MR) is 101 cm³/mol. The minimum absolute atomic E-state index is 0.109. The van der Waals surface area contributed by atoms with E-state index < -0.39 is 58.0 Å². The Morgan fingerprint density at radius 1 is 0.724 bits per heavy atom. The SMILES string of the molecule is COC(=O)[C@]12CC[C@](C(=O)OC)(N1)[C@@H](C(=O)OC(C)(C)C)[C@@H]2C(=O)OC(C)(C)C. The number of methoxy groups -OCH3 is 2. The molecular formula is C20H31NO8. The molecule has 2 bridgehead atoms. The van der Waals surface area contributed by atoms with Crippen molar-refractivity contribution in [1.82, 2.24) is 5.32 Å². The smallest absolute Gasteiger partial charge is 0.327 e. The second kappa shape index (κ2) is 7.27. The minimum Gasteiger partial charge on any atom is -0.468 e. The quantitative estimate of drug-likeness (QED) is 0.534. The summed E-state index contributed by atoms with van der Waals surface area (Å²) in [6.07, 6.45) is 0.218. The maximum atomic E-state index is 13.2. The summed E-state index contributed by atoms with van der Waals surface area (Å²) in [6.45, 7) is 10.1. The van der Waals surface area contributed by atoms with Gasteiger partial charge in [-0.05, 0) is 54.4 Å². The van der Waals surface area contributed by atoms with Gasteiger partial charge in [-0.1, -0.05) is 0 Å². The Morgan fingerprint density at radius 2 is 1.03 bits per heavy atom. The maximum absolute atomic E-state index is 13.2. The molecule has 2 heterocycles. The normalized spacial score (nSPS) is 31.2. The van der Waals surface area contributed by atoms with Gasteiger partial charge < -0.3 is 18.9 Å². The highest BCUT2D eigenvalue weighted by Crippen LogP contribution is 2.55. The number of hydrogen-bond acceptors (Lipinski definition) is 9. The van der Waals surface area contributed by atoms with Gasteiger partial charge in [0.1, 0.15) is 34.1 Å². The van der Waals surface area contributed by atoms with Crippen molar-refractivity contribution in [3.05, 3.63) is 0 Å². The fourth-order valence-corrected chi connectivity index (χ4v) is 4.28. The third kappa shape index (κ3) is 3.97. The Labute approximate surface area is 170 Å². The van der Waals surface area contributed by atoms with Crippen LogP contribution in [0.1, 0.15) is 54.4 Å². The topological polar surface area (TPSA) is 117 Å². The molecule has 0 aromatic rings. The first-order valence-electron chi connectivity index (χ1n) is 9.55. The van der Waals surface area contributed by atoms with Gasteiger partial charge in [0.25, 0.3) is 0 Å². The Kier molecular flexibility index (Phi) is 5.79. The molecular weight excluding hydrogens is 382 g/mol. The van der Waals surface area contributed by atoms with E-state index in [1.165, 1.54) is 14.2 Å². The molecule has 2 fully saturated rings. The average Bonchev–Trinajstić information content (AvgIpc) is 3.11. The van der Waals surface area contributed by atoms with Gasteiger partial charge in [0.05, 0.1) is 14.2 Å². The Morgan fingerprint density at radius 3 is 1.28 bits per heavy atom. The number of ether oxygens (including phenoxy) is 4. The summed E-state index contributed by atoms with van der Waals surface area (Å²) in [5.41, 5.74) is -4.92. The molecule has 4 atom stereocenters.